The number of piperidine rings is 2. The largest absolute Gasteiger partial charge is 0.497 e. The maximum atomic E-state index is 13.9. The molecule has 0 unspecified atom stereocenters. The van der Waals surface area contributed by atoms with Crippen molar-refractivity contribution in [3.05, 3.63) is 81.9 Å². The molecule has 2 spiro atoms. The summed E-state index contributed by atoms with van der Waals surface area (Å²) in [6, 6.07) is 15.3. The fourth-order valence-corrected chi connectivity index (χ4v) is 9.48. The number of aryl methyl sites for hydroxylation is 2. The van der Waals surface area contributed by atoms with Crippen LogP contribution in [-0.4, -0.2) is 155 Å². The van der Waals surface area contributed by atoms with Gasteiger partial charge in [0.25, 0.3) is 11.8 Å². The summed E-state index contributed by atoms with van der Waals surface area (Å²) in [5.74, 6) is 2.73. The fraction of sp³-hybridized carbons (Fsp3) is 0.542. The number of methoxy groups -OCH3 is 6. The van der Waals surface area contributed by atoms with Crippen molar-refractivity contribution in [3.63, 3.8) is 0 Å². The molecule has 0 radical (unpaired) electrons. The van der Waals surface area contributed by atoms with Crippen molar-refractivity contribution in [3.8, 4) is 23.0 Å². The SMILES string of the molecule is COCCN1C(=O)N(Cc2cc(C)c(C)c(C)c2)C(=O)C12CCN(Cc1cc(OC)cc(OC)c1)CC2.COCCN1C(=O)NC(=O)C12CCN(Cc1cc(OC)cc(OC)c1)CC2. The summed E-state index contributed by atoms with van der Waals surface area (Å²) in [4.78, 5) is 61.6. The maximum Gasteiger partial charge on any atom is 0.328 e. The molecule has 4 fully saturated rings. The highest BCUT2D eigenvalue weighted by Gasteiger charge is 2.58. The van der Waals surface area contributed by atoms with E-state index in [2.05, 4.69) is 48.0 Å². The Morgan fingerprint density at radius 2 is 0.938 bits per heavy atom. The second-order valence-corrected chi connectivity index (χ2v) is 17.1. The second-order valence-electron chi connectivity index (χ2n) is 17.1. The first-order valence-corrected chi connectivity index (χ1v) is 21.9. The van der Waals surface area contributed by atoms with Gasteiger partial charge in [-0.1, -0.05) is 12.1 Å². The summed E-state index contributed by atoms with van der Waals surface area (Å²) in [7, 11) is 9.77. The minimum absolute atomic E-state index is 0.0906. The molecule has 3 aromatic carbocycles. The van der Waals surface area contributed by atoms with Crippen molar-refractivity contribution < 1.29 is 47.6 Å². The number of benzene rings is 3. The molecule has 16 heteroatoms. The van der Waals surface area contributed by atoms with Gasteiger partial charge in [-0.3, -0.25) is 29.6 Å². The van der Waals surface area contributed by atoms with Crippen molar-refractivity contribution in [2.45, 2.75) is 77.2 Å². The number of carbonyl (C=O) groups excluding carboxylic acids is 4. The number of likely N-dealkylation sites (tertiary alicyclic amines) is 2. The van der Waals surface area contributed by atoms with Crippen molar-refractivity contribution in [1.82, 2.24) is 29.8 Å². The molecule has 1 N–H and O–H groups in total. The Labute approximate surface area is 377 Å². The van der Waals surface area contributed by atoms with E-state index in [4.69, 9.17) is 28.4 Å². The highest BCUT2D eigenvalue weighted by Crippen LogP contribution is 2.39. The van der Waals surface area contributed by atoms with Gasteiger partial charge in [-0.15, -0.1) is 0 Å². The normalized spacial score (nSPS) is 18.4. The summed E-state index contributed by atoms with van der Waals surface area (Å²) in [6.07, 6.45) is 2.39. The third-order valence-corrected chi connectivity index (χ3v) is 13.4. The molecule has 0 aromatic heterocycles. The number of hydrogen-bond donors (Lipinski definition) is 1. The van der Waals surface area contributed by atoms with Crippen molar-refractivity contribution >= 4 is 23.9 Å². The lowest BCUT2D eigenvalue weighted by molar-refractivity contribution is -0.136. The predicted octanol–water partition coefficient (Wildman–Crippen LogP) is 5.31. The van der Waals surface area contributed by atoms with Gasteiger partial charge in [0.2, 0.25) is 0 Å². The van der Waals surface area contributed by atoms with Crippen LogP contribution >= 0.6 is 0 Å². The van der Waals surface area contributed by atoms with E-state index in [1.165, 1.54) is 21.6 Å². The van der Waals surface area contributed by atoms with E-state index in [0.29, 0.717) is 65.1 Å². The number of hydrogen-bond acceptors (Lipinski definition) is 12. The van der Waals surface area contributed by atoms with Gasteiger partial charge < -0.3 is 38.2 Å². The smallest absolute Gasteiger partial charge is 0.328 e. The molecule has 16 nitrogen and oxygen atoms in total. The number of ether oxygens (including phenoxy) is 6. The maximum absolute atomic E-state index is 13.9. The molecule has 4 heterocycles. The van der Waals surface area contributed by atoms with Gasteiger partial charge in [-0.2, -0.15) is 0 Å². The van der Waals surface area contributed by atoms with Gasteiger partial charge in [0, 0.05) is 78.7 Å². The Kier molecular flexibility index (Phi) is 15.8. The van der Waals surface area contributed by atoms with E-state index < -0.39 is 11.1 Å². The van der Waals surface area contributed by atoms with E-state index in [1.807, 2.05) is 36.4 Å². The molecular weight excluding hydrogens is 821 g/mol. The van der Waals surface area contributed by atoms with Crippen LogP contribution in [-0.2, 0) is 38.7 Å². The highest BCUT2D eigenvalue weighted by molar-refractivity contribution is 6.07. The van der Waals surface area contributed by atoms with E-state index in [0.717, 1.165) is 65.9 Å². The van der Waals surface area contributed by atoms with Crippen LogP contribution in [0.5, 0.6) is 23.0 Å². The third-order valence-electron chi connectivity index (χ3n) is 13.4. The van der Waals surface area contributed by atoms with Crippen molar-refractivity contribution in [2.24, 2.45) is 0 Å². The van der Waals surface area contributed by atoms with Gasteiger partial charge in [0.15, 0.2) is 0 Å². The number of carbonyl (C=O) groups is 4. The number of nitrogens with zero attached hydrogens (tertiary/aromatic N) is 5. The molecular formula is C48H66N6O10. The summed E-state index contributed by atoms with van der Waals surface area (Å²) >= 11 is 0. The summed E-state index contributed by atoms with van der Waals surface area (Å²) in [5, 5.41) is 2.47. The fourth-order valence-electron chi connectivity index (χ4n) is 9.48. The lowest BCUT2D eigenvalue weighted by Gasteiger charge is -2.42. The predicted molar refractivity (Wildman–Crippen MR) is 241 cm³/mol. The van der Waals surface area contributed by atoms with Crippen LogP contribution in [0.25, 0.3) is 0 Å². The minimum Gasteiger partial charge on any atom is -0.497 e. The van der Waals surface area contributed by atoms with Gasteiger partial charge in [-0.05, 0) is 104 Å². The molecule has 0 saturated carbocycles. The monoisotopic (exact) mass is 886 g/mol. The molecule has 4 aliphatic heterocycles. The molecule has 4 aliphatic rings. The van der Waals surface area contributed by atoms with Crippen molar-refractivity contribution in [2.75, 3.05) is 95.1 Å². The molecule has 4 saturated heterocycles. The molecule has 7 rings (SSSR count). The Morgan fingerprint density at radius 1 is 0.531 bits per heavy atom. The quantitative estimate of drug-likeness (QED) is 0.186. The molecule has 0 atom stereocenters. The third kappa shape index (κ3) is 10.3. The van der Waals surface area contributed by atoms with E-state index in [9.17, 15) is 19.2 Å². The molecule has 0 aliphatic carbocycles. The Hall–Kier alpha value is -5.42. The van der Waals surface area contributed by atoms with Crippen LogP contribution < -0.4 is 24.3 Å². The molecule has 348 valence electrons. The molecule has 0 bridgehead atoms. The zero-order chi connectivity index (χ0) is 46.2. The molecule has 64 heavy (non-hydrogen) atoms. The second kappa shape index (κ2) is 21.0. The van der Waals surface area contributed by atoms with Crippen LogP contribution in [0.2, 0.25) is 0 Å². The van der Waals surface area contributed by atoms with Crippen molar-refractivity contribution in [1.29, 1.82) is 0 Å². The zero-order valence-corrected chi connectivity index (χ0v) is 39.0. The summed E-state index contributed by atoms with van der Waals surface area (Å²) in [5.41, 5.74) is 5.15. The molecule has 6 amide bonds. The van der Waals surface area contributed by atoms with Crippen LogP contribution in [0.3, 0.4) is 0 Å². The number of nitrogens with one attached hydrogen (secondary N) is 1. The number of urea groups is 2. The number of amides is 6. The first-order chi connectivity index (χ1) is 30.7. The first kappa shape index (κ1) is 48.0. The molecule has 3 aromatic rings. The van der Waals surface area contributed by atoms with Crippen LogP contribution in [0.1, 0.15) is 59.1 Å². The Bertz CT molecular complexity index is 2080. The number of rotatable bonds is 16. The first-order valence-electron chi connectivity index (χ1n) is 21.9. The van der Waals surface area contributed by atoms with Crippen LogP contribution in [0, 0.1) is 20.8 Å². The highest BCUT2D eigenvalue weighted by atomic mass is 16.5. The standard InChI is InChI=1S/C29H39N3O5.C19H27N3O5/c1-20-13-23(14-21(2)22(20)3)19-31-27(33)29(32(28(31)34)11-12-35-4)7-9-30(10-8-29)18-24-15-25(36-5)17-26(16-24)37-6;1-25-9-8-22-18(24)20-17(23)19(22)4-6-21(7-5-19)13-14-10-15(26-2)12-16(11-14)27-3/h13-17H,7-12,18-19H2,1-6H3;10-12H,4-9,13H2,1-3H3,(H,20,23,24). The van der Waals surface area contributed by atoms with Gasteiger partial charge in [0.05, 0.1) is 48.2 Å². The minimum atomic E-state index is -0.826. The Balaban J connectivity index is 0.000000223. The van der Waals surface area contributed by atoms with Gasteiger partial charge in [-0.25, -0.2) is 9.59 Å². The van der Waals surface area contributed by atoms with Gasteiger partial charge >= 0.3 is 12.1 Å². The lowest BCUT2D eigenvalue weighted by atomic mass is 9.85. The summed E-state index contributed by atoms with van der Waals surface area (Å²) in [6.45, 7) is 12.5. The lowest BCUT2D eigenvalue weighted by Crippen LogP contribution is -2.57. The average molecular weight is 887 g/mol. The van der Waals surface area contributed by atoms with Crippen LogP contribution in [0.15, 0.2) is 48.5 Å². The number of imide groups is 2. The van der Waals surface area contributed by atoms with E-state index in [1.54, 1.807) is 52.5 Å². The Morgan fingerprint density at radius 3 is 1.36 bits per heavy atom. The topological polar surface area (TPSA) is 152 Å². The van der Waals surface area contributed by atoms with Crippen LogP contribution in [0.4, 0.5) is 9.59 Å². The van der Waals surface area contributed by atoms with E-state index in [-0.39, 0.29) is 30.4 Å². The summed E-state index contributed by atoms with van der Waals surface area (Å²) < 4.78 is 31.9. The zero-order valence-electron chi connectivity index (χ0n) is 39.0. The average Bonchev–Trinajstić information content (AvgIpc) is 3.63. The van der Waals surface area contributed by atoms with Gasteiger partial charge in [0.1, 0.15) is 34.1 Å². The van der Waals surface area contributed by atoms with E-state index >= 15 is 0 Å².